The van der Waals surface area contributed by atoms with Gasteiger partial charge in [0.05, 0.1) is 29.7 Å². The van der Waals surface area contributed by atoms with Crippen LogP contribution in [-0.2, 0) is 9.84 Å². The van der Waals surface area contributed by atoms with Crippen molar-refractivity contribution in [2.45, 2.75) is 9.79 Å². The first kappa shape index (κ1) is 19.7. The summed E-state index contributed by atoms with van der Waals surface area (Å²) in [6, 6.07) is 14.9. The second-order valence-electron chi connectivity index (χ2n) is 6.56. The van der Waals surface area contributed by atoms with Crippen LogP contribution < -0.4 is 14.8 Å². The maximum absolute atomic E-state index is 13.0. The predicted octanol–water partition coefficient (Wildman–Crippen LogP) is 3.33. The molecule has 0 bridgehead atoms. The van der Waals surface area contributed by atoms with Crippen molar-refractivity contribution in [2.75, 3.05) is 19.5 Å². The number of hydrogen-bond donors (Lipinski definition) is 1. The number of amides is 1. The lowest BCUT2D eigenvalue weighted by Gasteiger charge is -2.19. The lowest BCUT2D eigenvalue weighted by molar-refractivity contribution is 0.101. The Balaban J connectivity index is 1.72. The standard InChI is InChI=1S/C22H17NO6S/c1-28-14-8-10-17(18(12-14)29-2)23-22(25)13-7-9-16-20(11-13)30(26,27)19-6-4-3-5-15(19)21(16)24/h3-12H,1-2H3,(H,23,25). The summed E-state index contributed by atoms with van der Waals surface area (Å²) in [5, 5.41) is 2.69. The average Bonchev–Trinajstić information content (AvgIpc) is 2.77. The Labute approximate surface area is 173 Å². The molecule has 30 heavy (non-hydrogen) atoms. The number of nitrogens with one attached hydrogen (secondary N) is 1. The van der Waals surface area contributed by atoms with Gasteiger partial charge in [0.25, 0.3) is 5.91 Å². The number of ether oxygens (including phenoxy) is 2. The highest BCUT2D eigenvalue weighted by Crippen LogP contribution is 2.35. The molecule has 4 rings (SSSR count). The van der Waals surface area contributed by atoms with Gasteiger partial charge in [0.15, 0.2) is 5.78 Å². The number of benzene rings is 3. The van der Waals surface area contributed by atoms with Crippen molar-refractivity contribution in [2.24, 2.45) is 0 Å². The van der Waals surface area contributed by atoms with E-state index in [-0.39, 0.29) is 32.3 Å². The van der Waals surface area contributed by atoms with Crippen molar-refractivity contribution in [3.63, 3.8) is 0 Å². The van der Waals surface area contributed by atoms with Gasteiger partial charge in [-0.1, -0.05) is 12.1 Å². The van der Waals surface area contributed by atoms with E-state index in [9.17, 15) is 18.0 Å². The quantitative estimate of drug-likeness (QED) is 0.541. The number of hydrogen-bond acceptors (Lipinski definition) is 6. The number of carbonyl (C=O) groups excluding carboxylic acids is 2. The van der Waals surface area contributed by atoms with Gasteiger partial charge in [0.1, 0.15) is 11.5 Å². The monoisotopic (exact) mass is 423 g/mol. The number of sulfone groups is 1. The van der Waals surface area contributed by atoms with Crippen molar-refractivity contribution < 1.29 is 27.5 Å². The minimum atomic E-state index is -3.93. The van der Waals surface area contributed by atoms with Crippen molar-refractivity contribution in [3.8, 4) is 11.5 Å². The van der Waals surface area contributed by atoms with Crippen LogP contribution in [0.4, 0.5) is 5.69 Å². The number of carbonyl (C=O) groups is 2. The van der Waals surface area contributed by atoms with Gasteiger partial charge in [-0.3, -0.25) is 9.59 Å². The molecule has 7 nitrogen and oxygen atoms in total. The summed E-state index contributed by atoms with van der Waals surface area (Å²) in [5.74, 6) is 0.0151. The highest BCUT2D eigenvalue weighted by atomic mass is 32.2. The van der Waals surface area contributed by atoms with Gasteiger partial charge in [-0.15, -0.1) is 0 Å². The van der Waals surface area contributed by atoms with Gasteiger partial charge in [0.2, 0.25) is 9.84 Å². The summed E-state index contributed by atoms with van der Waals surface area (Å²) >= 11 is 0. The SMILES string of the molecule is COc1ccc(NC(=O)c2ccc3c(c2)S(=O)(=O)c2ccccc2C3=O)c(OC)c1. The predicted molar refractivity (Wildman–Crippen MR) is 109 cm³/mol. The first-order chi connectivity index (χ1) is 14.4. The first-order valence-corrected chi connectivity index (χ1v) is 10.4. The van der Waals surface area contributed by atoms with Crippen molar-refractivity contribution >= 4 is 27.2 Å². The second kappa shape index (κ2) is 7.31. The van der Waals surface area contributed by atoms with Gasteiger partial charge >= 0.3 is 0 Å². The second-order valence-corrected chi connectivity index (χ2v) is 8.45. The number of methoxy groups -OCH3 is 2. The summed E-state index contributed by atoms with van der Waals surface area (Å²) in [4.78, 5) is 25.3. The molecule has 0 aliphatic carbocycles. The third-order valence-electron chi connectivity index (χ3n) is 4.86. The molecule has 152 valence electrons. The van der Waals surface area contributed by atoms with Gasteiger partial charge in [-0.2, -0.15) is 0 Å². The highest BCUT2D eigenvalue weighted by molar-refractivity contribution is 7.91. The maximum Gasteiger partial charge on any atom is 0.255 e. The van der Waals surface area contributed by atoms with Crippen molar-refractivity contribution in [1.82, 2.24) is 0 Å². The molecule has 0 saturated heterocycles. The molecule has 0 radical (unpaired) electrons. The summed E-state index contributed by atoms with van der Waals surface area (Å²) in [6.45, 7) is 0. The molecule has 1 N–H and O–H groups in total. The minimum absolute atomic E-state index is 0.0484. The molecule has 1 aliphatic heterocycles. The zero-order chi connectivity index (χ0) is 21.5. The number of fused-ring (bicyclic) bond motifs is 2. The minimum Gasteiger partial charge on any atom is -0.497 e. The Kier molecular flexibility index (Phi) is 4.79. The van der Waals surface area contributed by atoms with E-state index < -0.39 is 15.7 Å². The summed E-state index contributed by atoms with van der Waals surface area (Å²) in [5.41, 5.74) is 0.671. The van der Waals surface area contributed by atoms with E-state index in [4.69, 9.17) is 9.47 Å². The van der Waals surface area contributed by atoms with Crippen molar-refractivity contribution in [3.05, 3.63) is 77.4 Å². The molecule has 1 aliphatic rings. The summed E-state index contributed by atoms with van der Waals surface area (Å²) < 4.78 is 36.5. The average molecular weight is 423 g/mol. The number of ketones is 1. The largest absolute Gasteiger partial charge is 0.497 e. The van der Waals surface area contributed by atoms with Crippen LogP contribution in [0.5, 0.6) is 11.5 Å². The van der Waals surface area contributed by atoms with E-state index in [2.05, 4.69) is 5.32 Å². The van der Waals surface area contributed by atoms with Crippen LogP contribution in [0.3, 0.4) is 0 Å². The number of rotatable bonds is 4. The Morgan fingerprint density at radius 1 is 0.867 bits per heavy atom. The van der Waals surface area contributed by atoms with Crippen LogP contribution in [0.15, 0.2) is 70.5 Å². The summed E-state index contributed by atoms with van der Waals surface area (Å²) in [7, 11) is -0.956. The number of anilines is 1. The zero-order valence-electron chi connectivity index (χ0n) is 16.1. The molecule has 3 aromatic rings. The van der Waals surface area contributed by atoms with Crippen molar-refractivity contribution in [1.29, 1.82) is 0 Å². The molecule has 0 atom stereocenters. The lowest BCUT2D eigenvalue weighted by atomic mass is 10.0. The molecule has 8 heteroatoms. The third kappa shape index (κ3) is 3.11. The third-order valence-corrected chi connectivity index (χ3v) is 6.71. The molecule has 0 spiro atoms. The zero-order valence-corrected chi connectivity index (χ0v) is 16.9. The van der Waals surface area contributed by atoms with E-state index in [1.807, 2.05) is 0 Å². The maximum atomic E-state index is 13.0. The molecule has 3 aromatic carbocycles. The molecular weight excluding hydrogens is 406 g/mol. The molecule has 1 amide bonds. The molecule has 0 fully saturated rings. The smallest absolute Gasteiger partial charge is 0.255 e. The fourth-order valence-corrected chi connectivity index (χ4v) is 5.00. The normalized spacial score (nSPS) is 13.7. The molecule has 1 heterocycles. The Bertz CT molecular complexity index is 1300. The molecule has 0 saturated carbocycles. The summed E-state index contributed by atoms with van der Waals surface area (Å²) in [6.07, 6.45) is 0. The molecule has 0 aromatic heterocycles. The first-order valence-electron chi connectivity index (χ1n) is 8.93. The van der Waals surface area contributed by atoms with Gasteiger partial charge in [-0.25, -0.2) is 8.42 Å². The molecule has 0 unspecified atom stereocenters. The highest BCUT2D eigenvalue weighted by Gasteiger charge is 2.35. The van der Waals surface area contributed by atoms with E-state index >= 15 is 0 Å². The Morgan fingerprint density at radius 2 is 1.60 bits per heavy atom. The van der Waals surface area contributed by atoms with Crippen LogP contribution in [0.25, 0.3) is 0 Å². The molecular formula is C22H17NO6S. The van der Waals surface area contributed by atoms with E-state index in [0.717, 1.165) is 0 Å². The van der Waals surface area contributed by atoms with E-state index in [1.54, 1.807) is 30.3 Å². The van der Waals surface area contributed by atoms with E-state index in [1.165, 1.54) is 44.6 Å². The van der Waals surface area contributed by atoms with Crippen LogP contribution in [0, 0.1) is 0 Å². The lowest BCUT2D eigenvalue weighted by Crippen LogP contribution is -2.21. The van der Waals surface area contributed by atoms with Gasteiger partial charge in [-0.05, 0) is 42.5 Å². The van der Waals surface area contributed by atoms with Crippen LogP contribution in [-0.4, -0.2) is 34.3 Å². The Morgan fingerprint density at radius 3 is 2.33 bits per heavy atom. The van der Waals surface area contributed by atoms with Crippen LogP contribution >= 0.6 is 0 Å². The van der Waals surface area contributed by atoms with Gasteiger partial charge in [0, 0.05) is 22.8 Å². The fourth-order valence-electron chi connectivity index (χ4n) is 3.32. The topological polar surface area (TPSA) is 98.8 Å². The van der Waals surface area contributed by atoms with E-state index in [0.29, 0.717) is 17.2 Å². The van der Waals surface area contributed by atoms with Gasteiger partial charge < -0.3 is 14.8 Å². The van der Waals surface area contributed by atoms with Crippen LogP contribution in [0.1, 0.15) is 26.3 Å². The Hall–Kier alpha value is -3.65. The fraction of sp³-hybridized carbons (Fsp3) is 0.0909. The van der Waals surface area contributed by atoms with Crippen LogP contribution in [0.2, 0.25) is 0 Å².